The van der Waals surface area contributed by atoms with Gasteiger partial charge in [0.05, 0.1) is 15.0 Å². The first-order valence-corrected chi connectivity index (χ1v) is 7.55. The quantitative estimate of drug-likeness (QED) is 0.769. The lowest BCUT2D eigenvalue weighted by atomic mass is 9.76. The molecular weight excluding hydrogens is 316 g/mol. The van der Waals surface area contributed by atoms with E-state index in [-0.39, 0.29) is 5.82 Å². The van der Waals surface area contributed by atoms with Gasteiger partial charge in [-0.05, 0) is 68.4 Å². The molecular formula is C17H20BCl2NO. The molecule has 0 aromatic heterocycles. The topological polar surface area (TPSA) is 12.5 Å². The zero-order chi connectivity index (χ0) is 16.7. The largest absolute Gasteiger partial charge is 0.497 e. The maximum atomic E-state index is 6.19. The molecule has 0 N–H and O–H groups in total. The number of ether oxygens (including phenoxy) is 1. The maximum absolute atomic E-state index is 6.19. The predicted molar refractivity (Wildman–Crippen MR) is 96.7 cm³/mol. The normalized spacial score (nSPS) is 11.6. The van der Waals surface area contributed by atoms with Crippen LogP contribution in [0.5, 0.6) is 5.75 Å². The van der Waals surface area contributed by atoms with Crippen molar-refractivity contribution in [1.29, 1.82) is 0 Å². The van der Waals surface area contributed by atoms with E-state index in [4.69, 9.17) is 35.8 Å². The smallest absolute Gasteiger partial charge is 0.118 e. The van der Waals surface area contributed by atoms with Gasteiger partial charge in [0.1, 0.15) is 5.75 Å². The fourth-order valence-corrected chi connectivity index (χ4v) is 2.30. The first-order chi connectivity index (χ1) is 10.3. The van der Waals surface area contributed by atoms with Gasteiger partial charge in [-0.15, -0.1) is 0 Å². The summed E-state index contributed by atoms with van der Waals surface area (Å²) in [5.41, 5.74) is 1.87. The third kappa shape index (κ3) is 6.31. The Morgan fingerprint density at radius 1 is 0.909 bits per heavy atom. The van der Waals surface area contributed by atoms with Crippen LogP contribution in [0.4, 0.5) is 0 Å². The van der Waals surface area contributed by atoms with Crippen molar-refractivity contribution < 1.29 is 4.74 Å². The van der Waals surface area contributed by atoms with E-state index in [1.165, 1.54) is 0 Å². The predicted octanol–water partition coefficient (Wildman–Crippen LogP) is 4.44. The highest BCUT2D eigenvalue weighted by Gasteiger charge is 2.09. The highest BCUT2D eigenvalue weighted by atomic mass is 35.5. The Morgan fingerprint density at radius 2 is 1.36 bits per heavy atom. The van der Waals surface area contributed by atoms with Gasteiger partial charge >= 0.3 is 0 Å². The standard InChI is InChI=1S/C14H11BCl2O.C3H9N/c1-18-13-4-2-9(3-5-13)14(15)10-6-11(16)8-12(17)7-10;1-4(2)3/h2-8,14H,1H3;1-3H3. The Morgan fingerprint density at radius 3 is 1.77 bits per heavy atom. The van der Waals surface area contributed by atoms with Gasteiger partial charge in [-0.3, -0.25) is 0 Å². The molecule has 2 radical (unpaired) electrons. The summed E-state index contributed by atoms with van der Waals surface area (Å²) in [7, 11) is 13.8. The summed E-state index contributed by atoms with van der Waals surface area (Å²) >= 11 is 11.9. The summed E-state index contributed by atoms with van der Waals surface area (Å²) in [6.45, 7) is 0. The zero-order valence-corrected chi connectivity index (χ0v) is 14.8. The van der Waals surface area contributed by atoms with Crippen LogP contribution in [0.1, 0.15) is 16.9 Å². The highest BCUT2D eigenvalue weighted by Crippen LogP contribution is 2.28. The SMILES string of the molecule is CN(C)C.[B]C(c1ccc(OC)cc1)c1cc(Cl)cc(Cl)c1. The average molecular weight is 336 g/mol. The third-order valence-electron chi connectivity index (χ3n) is 2.72. The van der Waals surface area contributed by atoms with Crippen molar-refractivity contribution in [3.05, 3.63) is 63.6 Å². The summed E-state index contributed by atoms with van der Waals surface area (Å²) in [5.74, 6) is 0.544. The van der Waals surface area contributed by atoms with Crippen molar-refractivity contribution >= 4 is 31.0 Å². The Bertz CT molecular complexity index is 565. The van der Waals surface area contributed by atoms with Crippen LogP contribution in [0.3, 0.4) is 0 Å². The Labute approximate surface area is 144 Å². The van der Waals surface area contributed by atoms with Crippen LogP contribution < -0.4 is 4.74 Å². The van der Waals surface area contributed by atoms with Crippen LogP contribution in [-0.4, -0.2) is 41.0 Å². The number of benzene rings is 2. The van der Waals surface area contributed by atoms with Crippen molar-refractivity contribution in [2.45, 2.75) is 5.82 Å². The summed E-state index contributed by atoms with van der Waals surface area (Å²) in [6.07, 6.45) is 0. The van der Waals surface area contributed by atoms with E-state index in [2.05, 4.69) is 0 Å². The molecule has 2 aromatic rings. The first-order valence-electron chi connectivity index (χ1n) is 6.80. The van der Waals surface area contributed by atoms with Crippen LogP contribution in [0.2, 0.25) is 10.0 Å². The molecule has 5 heteroatoms. The van der Waals surface area contributed by atoms with Crippen molar-refractivity contribution in [3.8, 4) is 5.75 Å². The lowest BCUT2D eigenvalue weighted by Crippen LogP contribution is -2.00. The van der Waals surface area contributed by atoms with E-state index >= 15 is 0 Å². The van der Waals surface area contributed by atoms with Crippen LogP contribution in [0.25, 0.3) is 0 Å². The molecule has 0 heterocycles. The fraction of sp³-hybridized carbons (Fsp3) is 0.294. The molecule has 0 saturated heterocycles. The second-order valence-electron chi connectivity index (χ2n) is 5.30. The second kappa shape index (κ2) is 9.09. The minimum Gasteiger partial charge on any atom is -0.497 e. The van der Waals surface area contributed by atoms with E-state index in [1.54, 1.807) is 13.2 Å². The molecule has 2 rings (SSSR count). The van der Waals surface area contributed by atoms with Crippen LogP contribution >= 0.6 is 23.2 Å². The molecule has 22 heavy (non-hydrogen) atoms. The van der Waals surface area contributed by atoms with E-state index in [9.17, 15) is 0 Å². The van der Waals surface area contributed by atoms with Gasteiger partial charge in [-0.25, -0.2) is 0 Å². The van der Waals surface area contributed by atoms with Gasteiger partial charge in [-0.1, -0.05) is 35.3 Å². The van der Waals surface area contributed by atoms with Gasteiger partial charge in [0.15, 0.2) is 0 Å². The summed E-state index contributed by atoms with van der Waals surface area (Å²) < 4.78 is 5.11. The number of hydrogen-bond donors (Lipinski definition) is 0. The molecule has 1 atom stereocenters. The van der Waals surface area contributed by atoms with Crippen LogP contribution in [0, 0.1) is 0 Å². The third-order valence-corrected chi connectivity index (χ3v) is 3.16. The minimum atomic E-state index is -0.257. The minimum absolute atomic E-state index is 0.257. The number of rotatable bonds is 3. The van der Waals surface area contributed by atoms with Gasteiger partial charge in [0.25, 0.3) is 0 Å². The zero-order valence-electron chi connectivity index (χ0n) is 13.3. The molecule has 0 aliphatic rings. The molecule has 0 spiro atoms. The lowest BCUT2D eigenvalue weighted by Gasteiger charge is -2.14. The van der Waals surface area contributed by atoms with Crippen molar-refractivity contribution in [1.82, 2.24) is 4.90 Å². The van der Waals surface area contributed by atoms with Gasteiger partial charge in [0, 0.05) is 10.0 Å². The molecule has 0 bridgehead atoms. The summed E-state index contributed by atoms with van der Waals surface area (Å²) in [4.78, 5) is 2.00. The van der Waals surface area contributed by atoms with Crippen molar-refractivity contribution in [2.75, 3.05) is 28.3 Å². The molecule has 0 fully saturated rings. The molecule has 2 nitrogen and oxygen atoms in total. The van der Waals surface area contributed by atoms with E-state index in [0.29, 0.717) is 10.0 Å². The Balaban J connectivity index is 0.000000541. The Kier molecular flexibility index (Phi) is 7.81. The van der Waals surface area contributed by atoms with E-state index < -0.39 is 0 Å². The molecule has 116 valence electrons. The summed E-state index contributed by atoms with van der Waals surface area (Å²) in [6, 6.07) is 12.9. The molecule has 0 aliphatic heterocycles. The fourth-order valence-electron chi connectivity index (χ4n) is 1.76. The maximum Gasteiger partial charge on any atom is 0.118 e. The monoisotopic (exact) mass is 335 g/mol. The van der Waals surface area contributed by atoms with Crippen molar-refractivity contribution in [3.63, 3.8) is 0 Å². The Hall–Kier alpha value is -1.16. The van der Waals surface area contributed by atoms with Gasteiger partial charge in [-0.2, -0.15) is 0 Å². The molecule has 0 saturated carbocycles. The number of hydrogen-bond acceptors (Lipinski definition) is 2. The molecule has 0 amide bonds. The number of halogens is 2. The van der Waals surface area contributed by atoms with Crippen LogP contribution in [-0.2, 0) is 0 Å². The second-order valence-corrected chi connectivity index (χ2v) is 6.17. The van der Waals surface area contributed by atoms with E-state index in [0.717, 1.165) is 16.9 Å². The van der Waals surface area contributed by atoms with Crippen LogP contribution in [0.15, 0.2) is 42.5 Å². The van der Waals surface area contributed by atoms with Gasteiger partial charge < -0.3 is 9.64 Å². The van der Waals surface area contributed by atoms with Crippen molar-refractivity contribution in [2.24, 2.45) is 0 Å². The summed E-state index contributed by atoms with van der Waals surface area (Å²) in [5, 5.41) is 1.17. The molecule has 0 aliphatic carbocycles. The number of nitrogens with zero attached hydrogens (tertiary/aromatic N) is 1. The van der Waals surface area contributed by atoms with Gasteiger partial charge in [0.2, 0.25) is 0 Å². The number of methoxy groups -OCH3 is 1. The van der Waals surface area contributed by atoms with E-state index in [1.807, 2.05) is 62.4 Å². The molecule has 1 unspecified atom stereocenters. The lowest BCUT2D eigenvalue weighted by molar-refractivity contribution is 0.414. The molecule has 2 aromatic carbocycles. The average Bonchev–Trinajstić information content (AvgIpc) is 2.45. The highest BCUT2D eigenvalue weighted by molar-refractivity contribution is 6.34. The first kappa shape index (κ1) is 18.9.